The largest absolute Gasteiger partial charge is 0.459 e. The van der Waals surface area contributed by atoms with Crippen molar-refractivity contribution in [2.24, 2.45) is 17.8 Å². The third-order valence-corrected chi connectivity index (χ3v) is 7.03. The van der Waals surface area contributed by atoms with Crippen molar-refractivity contribution >= 4 is 11.8 Å². The first-order valence-electron chi connectivity index (χ1n) is 12.8. The van der Waals surface area contributed by atoms with Crippen LogP contribution < -0.4 is 0 Å². The lowest BCUT2D eigenvalue weighted by atomic mass is 9.89. The molecule has 1 rings (SSSR count). The Labute approximate surface area is 216 Å². The first-order chi connectivity index (χ1) is 16.6. The summed E-state index contributed by atoms with van der Waals surface area (Å²) < 4.78 is 5.79. The monoisotopic (exact) mass is 506 g/mol. The van der Waals surface area contributed by atoms with Crippen LogP contribution in [0.15, 0.2) is 47.6 Å². The van der Waals surface area contributed by atoms with E-state index in [2.05, 4.69) is 0 Å². The van der Waals surface area contributed by atoms with E-state index in [0.717, 1.165) is 0 Å². The minimum absolute atomic E-state index is 0.108. The molecule has 0 saturated carbocycles. The normalized spacial score (nSPS) is 37.0. The number of ether oxygens (including phenoxy) is 1. The van der Waals surface area contributed by atoms with E-state index >= 15 is 0 Å². The summed E-state index contributed by atoms with van der Waals surface area (Å²) in [6, 6.07) is 0. The maximum Gasteiger partial charge on any atom is 0.330 e. The van der Waals surface area contributed by atoms with Crippen LogP contribution in [0.4, 0.5) is 0 Å². The van der Waals surface area contributed by atoms with Crippen molar-refractivity contribution in [3.8, 4) is 0 Å². The van der Waals surface area contributed by atoms with Crippen molar-refractivity contribution in [3.63, 3.8) is 0 Å². The number of allylic oxidation sites excluding steroid dienone is 1. The summed E-state index contributed by atoms with van der Waals surface area (Å²) in [6.45, 7) is 12.2. The lowest BCUT2D eigenvalue weighted by Gasteiger charge is -2.27. The van der Waals surface area contributed by atoms with Gasteiger partial charge in [-0.1, -0.05) is 50.1 Å². The van der Waals surface area contributed by atoms with E-state index in [9.17, 15) is 30.0 Å². The highest BCUT2D eigenvalue weighted by Crippen LogP contribution is 2.24. The van der Waals surface area contributed by atoms with Crippen LogP contribution in [0, 0.1) is 17.8 Å². The van der Waals surface area contributed by atoms with Gasteiger partial charge in [0.05, 0.1) is 18.3 Å². The highest BCUT2D eigenvalue weighted by molar-refractivity contribution is 5.98. The standard InChI is InChI=1S/C29H46O7/c1-18-14-24(31)11-8-12-25(32)22(5)20(3)17-28(34)36-26(16-21(4)23(6)30)19(2)10-9-13-29(7,35)27(33)15-18/h8-9,12-13,15,17,19,21-26,30-32,35H,10-11,14,16H2,1-7H3/b12-8+,13-9+,18-15-,20-17?/t19-,21-,22+,23-,24-,25-,26+,29+/m0/s1. The van der Waals surface area contributed by atoms with E-state index in [-0.39, 0.29) is 30.6 Å². The van der Waals surface area contributed by atoms with Crippen LogP contribution >= 0.6 is 0 Å². The molecule has 0 spiro atoms. The van der Waals surface area contributed by atoms with Gasteiger partial charge in [-0.2, -0.15) is 0 Å². The number of ketones is 1. The Morgan fingerprint density at radius 3 is 2.33 bits per heavy atom. The quantitative estimate of drug-likeness (QED) is 0.339. The number of cyclic esters (lactones) is 1. The molecule has 1 aliphatic heterocycles. The fourth-order valence-electron chi connectivity index (χ4n) is 3.90. The van der Waals surface area contributed by atoms with Gasteiger partial charge in [-0.3, -0.25) is 4.79 Å². The molecule has 0 aliphatic carbocycles. The van der Waals surface area contributed by atoms with Gasteiger partial charge in [-0.25, -0.2) is 4.79 Å². The summed E-state index contributed by atoms with van der Waals surface area (Å²) in [6.07, 6.45) is 7.92. The van der Waals surface area contributed by atoms with E-state index < -0.39 is 41.8 Å². The SMILES string of the molecule is CC1=CC(=O)O[C@H](C[C@H](C)[C@H](C)O)[C@@H](C)C/C=C/[C@@](C)(O)C(=O)/C=C(/C)C[C@@H](O)C/C=C/[C@H](O)[C@@H]1C. The number of carbonyl (C=O) groups is 2. The Hall–Kier alpha value is -2.06. The summed E-state index contributed by atoms with van der Waals surface area (Å²) in [5.74, 6) is -1.61. The van der Waals surface area contributed by atoms with Crippen molar-refractivity contribution in [2.45, 2.75) is 104 Å². The van der Waals surface area contributed by atoms with Gasteiger partial charge in [-0.05, 0) is 77.4 Å². The molecule has 1 heterocycles. The first-order valence-corrected chi connectivity index (χ1v) is 12.8. The molecule has 36 heavy (non-hydrogen) atoms. The number of aliphatic hydroxyl groups is 4. The molecule has 0 unspecified atom stereocenters. The van der Waals surface area contributed by atoms with Gasteiger partial charge >= 0.3 is 5.97 Å². The Balaban J connectivity index is 3.30. The summed E-state index contributed by atoms with van der Waals surface area (Å²) in [5, 5.41) is 41.5. The van der Waals surface area contributed by atoms with E-state index in [1.165, 1.54) is 25.2 Å². The number of rotatable bonds is 3. The van der Waals surface area contributed by atoms with Crippen LogP contribution in [0.1, 0.15) is 74.1 Å². The van der Waals surface area contributed by atoms with E-state index in [1.807, 2.05) is 13.8 Å². The summed E-state index contributed by atoms with van der Waals surface area (Å²) in [5.41, 5.74) is -0.411. The highest BCUT2D eigenvalue weighted by Gasteiger charge is 2.28. The number of aliphatic hydroxyl groups excluding tert-OH is 3. The lowest BCUT2D eigenvalue weighted by molar-refractivity contribution is -0.147. The summed E-state index contributed by atoms with van der Waals surface area (Å²) in [4.78, 5) is 25.4. The average molecular weight is 507 g/mol. The second-order valence-corrected chi connectivity index (χ2v) is 10.7. The first kappa shape index (κ1) is 32.0. The fourth-order valence-corrected chi connectivity index (χ4v) is 3.90. The van der Waals surface area contributed by atoms with Gasteiger partial charge in [0.2, 0.25) is 0 Å². The number of esters is 1. The fraction of sp³-hybridized carbons (Fsp3) is 0.655. The Morgan fingerprint density at radius 2 is 1.72 bits per heavy atom. The van der Waals surface area contributed by atoms with Gasteiger partial charge in [0.15, 0.2) is 5.78 Å². The molecule has 0 radical (unpaired) electrons. The zero-order valence-electron chi connectivity index (χ0n) is 22.8. The van der Waals surface area contributed by atoms with E-state index in [1.54, 1.807) is 45.9 Å². The second kappa shape index (κ2) is 14.6. The summed E-state index contributed by atoms with van der Waals surface area (Å²) in [7, 11) is 0. The summed E-state index contributed by atoms with van der Waals surface area (Å²) >= 11 is 0. The number of hydrogen-bond acceptors (Lipinski definition) is 7. The highest BCUT2D eigenvalue weighted by atomic mass is 16.5. The predicted molar refractivity (Wildman–Crippen MR) is 141 cm³/mol. The Bertz CT molecular complexity index is 850. The number of hydrogen-bond donors (Lipinski definition) is 4. The van der Waals surface area contributed by atoms with Gasteiger partial charge in [0, 0.05) is 12.0 Å². The molecule has 7 heteroatoms. The Morgan fingerprint density at radius 1 is 1.08 bits per heavy atom. The topological polar surface area (TPSA) is 124 Å². The molecule has 204 valence electrons. The molecule has 0 aromatic heterocycles. The third-order valence-electron chi connectivity index (χ3n) is 7.03. The van der Waals surface area contributed by atoms with Crippen molar-refractivity contribution < 1.29 is 34.8 Å². The predicted octanol–water partition coefficient (Wildman–Crippen LogP) is 3.81. The van der Waals surface area contributed by atoms with Crippen LogP contribution in [-0.2, 0) is 14.3 Å². The molecule has 0 aromatic carbocycles. The van der Waals surface area contributed by atoms with Crippen molar-refractivity contribution in [3.05, 3.63) is 47.6 Å². The van der Waals surface area contributed by atoms with Crippen LogP contribution in [0.25, 0.3) is 0 Å². The van der Waals surface area contributed by atoms with E-state index in [0.29, 0.717) is 24.0 Å². The van der Waals surface area contributed by atoms with Gasteiger partial charge in [-0.15, -0.1) is 0 Å². The zero-order chi connectivity index (χ0) is 27.6. The average Bonchev–Trinajstić information content (AvgIpc) is 2.76. The molecule has 0 amide bonds. The molecular formula is C29H46O7. The zero-order valence-corrected chi connectivity index (χ0v) is 22.8. The minimum Gasteiger partial charge on any atom is -0.459 e. The van der Waals surface area contributed by atoms with Crippen molar-refractivity contribution in [1.82, 2.24) is 0 Å². The molecule has 1 aliphatic rings. The molecule has 7 nitrogen and oxygen atoms in total. The molecule has 8 atom stereocenters. The maximum atomic E-state index is 12.7. The van der Waals surface area contributed by atoms with Crippen LogP contribution in [-0.4, -0.2) is 62.2 Å². The van der Waals surface area contributed by atoms with Crippen LogP contribution in [0.2, 0.25) is 0 Å². The van der Waals surface area contributed by atoms with E-state index in [4.69, 9.17) is 4.74 Å². The van der Waals surface area contributed by atoms with Crippen LogP contribution in [0.5, 0.6) is 0 Å². The number of carbonyl (C=O) groups excluding carboxylic acids is 2. The lowest BCUT2D eigenvalue weighted by Crippen LogP contribution is -2.32. The van der Waals surface area contributed by atoms with Gasteiger partial charge in [0.1, 0.15) is 11.7 Å². The van der Waals surface area contributed by atoms with Gasteiger partial charge in [0.25, 0.3) is 0 Å². The minimum atomic E-state index is -1.72. The molecule has 0 aromatic rings. The molecule has 0 bridgehead atoms. The third kappa shape index (κ3) is 10.9. The van der Waals surface area contributed by atoms with Crippen molar-refractivity contribution in [2.75, 3.05) is 0 Å². The molecule has 0 fully saturated rings. The molecule has 4 N–H and O–H groups in total. The smallest absolute Gasteiger partial charge is 0.330 e. The van der Waals surface area contributed by atoms with Crippen molar-refractivity contribution in [1.29, 1.82) is 0 Å². The molecular weight excluding hydrogens is 460 g/mol. The van der Waals surface area contributed by atoms with Crippen LogP contribution in [0.3, 0.4) is 0 Å². The second-order valence-electron chi connectivity index (χ2n) is 10.7. The molecule has 0 saturated heterocycles. The maximum absolute atomic E-state index is 12.7. The Kier molecular flexibility index (Phi) is 13.0. The van der Waals surface area contributed by atoms with Gasteiger partial charge < -0.3 is 25.2 Å².